The minimum absolute atomic E-state index is 0.00254. The number of nitrogens with zero attached hydrogens (tertiary/aromatic N) is 1. The van der Waals surface area contributed by atoms with Crippen LogP contribution in [0.5, 0.6) is 5.75 Å². The van der Waals surface area contributed by atoms with Crippen LogP contribution in [0.3, 0.4) is 0 Å². The number of aromatic hydroxyl groups is 1. The Balaban J connectivity index is 3.16. The number of ether oxygens (including phenoxy) is 1. The predicted molar refractivity (Wildman–Crippen MR) is 129 cm³/mol. The summed E-state index contributed by atoms with van der Waals surface area (Å²) in [6, 6.07) is 4.48. The van der Waals surface area contributed by atoms with Crippen LogP contribution in [0.1, 0.15) is 78.8 Å². The molecular weight excluding hydrogens is 422 g/mol. The summed E-state index contributed by atoms with van der Waals surface area (Å²) in [5.74, 6) is -0.633. The van der Waals surface area contributed by atoms with E-state index in [4.69, 9.17) is 4.74 Å². The molecule has 0 saturated carbocycles. The van der Waals surface area contributed by atoms with Crippen LogP contribution in [-0.2, 0) is 14.3 Å². The number of phenols is 1. The van der Waals surface area contributed by atoms with Crippen molar-refractivity contribution >= 4 is 17.9 Å². The first kappa shape index (κ1) is 28.3. The molecule has 2 atom stereocenters. The fourth-order valence-corrected chi connectivity index (χ4v) is 3.44. The lowest BCUT2D eigenvalue weighted by Gasteiger charge is -2.32. The van der Waals surface area contributed by atoms with Crippen molar-refractivity contribution in [3.63, 3.8) is 0 Å². The number of unbranched alkanes of at least 4 members (excludes halogenated alkanes) is 2. The third-order valence-electron chi connectivity index (χ3n) is 4.94. The number of hydrogen-bond acceptors (Lipinski definition) is 5. The van der Waals surface area contributed by atoms with E-state index in [9.17, 15) is 19.5 Å². The number of alkyl carbamates (subject to hydrolysis) is 1. The smallest absolute Gasteiger partial charge is 0.408 e. The minimum atomic E-state index is -0.957. The van der Waals surface area contributed by atoms with Crippen molar-refractivity contribution in [1.29, 1.82) is 0 Å². The maximum Gasteiger partial charge on any atom is 0.408 e. The SMILES string of the molecule is CCCCCNC(=O)C(c1cccc(O)c1)N(C)C(=O)C(CC(C)C)NC(=O)OC(C)(C)C. The zero-order chi connectivity index (χ0) is 25.2. The molecule has 3 amide bonds. The van der Waals surface area contributed by atoms with Crippen molar-refractivity contribution in [3.8, 4) is 5.75 Å². The highest BCUT2D eigenvalue weighted by Gasteiger charge is 2.34. The van der Waals surface area contributed by atoms with Crippen LogP contribution in [0, 0.1) is 5.92 Å². The number of carbonyl (C=O) groups is 3. The lowest BCUT2D eigenvalue weighted by atomic mass is 9.99. The molecule has 1 aromatic rings. The van der Waals surface area contributed by atoms with Gasteiger partial charge in [-0.1, -0.05) is 45.7 Å². The Bertz CT molecular complexity index is 788. The molecule has 0 aliphatic carbocycles. The molecule has 0 aromatic heterocycles. The fraction of sp³-hybridized carbons (Fsp3) is 0.640. The van der Waals surface area contributed by atoms with Crippen LogP contribution in [-0.4, -0.2) is 53.1 Å². The second-order valence-electron chi connectivity index (χ2n) is 9.77. The number of likely N-dealkylation sites (N-methyl/N-ethyl adjacent to an activating group) is 1. The highest BCUT2D eigenvalue weighted by atomic mass is 16.6. The molecule has 0 radical (unpaired) electrons. The molecule has 8 nitrogen and oxygen atoms in total. The summed E-state index contributed by atoms with van der Waals surface area (Å²) in [6.07, 6.45) is 2.54. The summed E-state index contributed by atoms with van der Waals surface area (Å²) in [5.41, 5.74) is -0.219. The Labute approximate surface area is 198 Å². The molecule has 0 fully saturated rings. The number of phenolic OH excluding ortho intramolecular Hbond substituents is 1. The van der Waals surface area contributed by atoms with E-state index < -0.39 is 29.7 Å². The van der Waals surface area contributed by atoms with Gasteiger partial charge in [-0.25, -0.2) is 4.79 Å². The van der Waals surface area contributed by atoms with Crippen molar-refractivity contribution in [2.45, 2.75) is 84.9 Å². The average molecular weight is 464 g/mol. The molecule has 0 heterocycles. The Morgan fingerprint density at radius 2 is 1.82 bits per heavy atom. The number of carbonyl (C=O) groups excluding carboxylic acids is 3. The molecule has 186 valence electrons. The molecule has 0 saturated heterocycles. The predicted octanol–water partition coefficient (Wildman–Crippen LogP) is 4.14. The fourth-order valence-electron chi connectivity index (χ4n) is 3.44. The maximum absolute atomic E-state index is 13.5. The average Bonchev–Trinajstić information content (AvgIpc) is 2.68. The van der Waals surface area contributed by atoms with Gasteiger partial charge in [0.15, 0.2) is 0 Å². The van der Waals surface area contributed by atoms with E-state index >= 15 is 0 Å². The summed E-state index contributed by atoms with van der Waals surface area (Å²) in [4.78, 5) is 40.3. The van der Waals surface area contributed by atoms with Gasteiger partial charge in [0.25, 0.3) is 0 Å². The monoisotopic (exact) mass is 463 g/mol. The van der Waals surface area contributed by atoms with E-state index in [1.165, 1.54) is 24.1 Å². The van der Waals surface area contributed by atoms with Gasteiger partial charge in [-0.15, -0.1) is 0 Å². The first-order chi connectivity index (χ1) is 15.4. The second-order valence-corrected chi connectivity index (χ2v) is 9.77. The van der Waals surface area contributed by atoms with E-state index in [2.05, 4.69) is 17.6 Å². The molecule has 0 spiro atoms. The Kier molecular flexibility index (Phi) is 11.2. The van der Waals surface area contributed by atoms with Crippen LogP contribution in [0.2, 0.25) is 0 Å². The summed E-state index contributed by atoms with van der Waals surface area (Å²) in [5, 5.41) is 15.5. The molecule has 1 aromatic carbocycles. The molecule has 3 N–H and O–H groups in total. The highest BCUT2D eigenvalue weighted by Crippen LogP contribution is 2.25. The number of hydrogen-bond donors (Lipinski definition) is 3. The lowest BCUT2D eigenvalue weighted by molar-refractivity contribution is -0.141. The van der Waals surface area contributed by atoms with Crippen LogP contribution in [0.15, 0.2) is 24.3 Å². The summed E-state index contributed by atoms with van der Waals surface area (Å²) in [7, 11) is 1.53. The Hall–Kier alpha value is -2.77. The molecule has 33 heavy (non-hydrogen) atoms. The Morgan fingerprint density at radius 1 is 1.15 bits per heavy atom. The molecule has 0 aliphatic heterocycles. The van der Waals surface area contributed by atoms with Gasteiger partial charge in [0.2, 0.25) is 11.8 Å². The largest absolute Gasteiger partial charge is 0.508 e. The van der Waals surface area contributed by atoms with Gasteiger partial charge in [-0.3, -0.25) is 9.59 Å². The van der Waals surface area contributed by atoms with Gasteiger partial charge in [0.05, 0.1) is 0 Å². The normalized spacial score (nSPS) is 13.2. The molecule has 1 rings (SSSR count). The summed E-state index contributed by atoms with van der Waals surface area (Å²) < 4.78 is 5.33. The molecule has 8 heteroatoms. The summed E-state index contributed by atoms with van der Waals surface area (Å²) >= 11 is 0. The zero-order valence-corrected chi connectivity index (χ0v) is 21.1. The van der Waals surface area contributed by atoms with Crippen molar-refractivity contribution in [3.05, 3.63) is 29.8 Å². The lowest BCUT2D eigenvalue weighted by Crippen LogP contribution is -2.52. The number of benzene rings is 1. The zero-order valence-electron chi connectivity index (χ0n) is 21.1. The van der Waals surface area contributed by atoms with Gasteiger partial charge in [-0.05, 0) is 57.2 Å². The van der Waals surface area contributed by atoms with Crippen molar-refractivity contribution in [1.82, 2.24) is 15.5 Å². The minimum Gasteiger partial charge on any atom is -0.508 e. The van der Waals surface area contributed by atoms with Crippen LogP contribution in [0.25, 0.3) is 0 Å². The van der Waals surface area contributed by atoms with Crippen molar-refractivity contribution < 1.29 is 24.2 Å². The quantitative estimate of drug-likeness (QED) is 0.428. The molecule has 0 bridgehead atoms. The third-order valence-corrected chi connectivity index (χ3v) is 4.94. The van der Waals surface area contributed by atoms with Gasteiger partial charge < -0.3 is 25.4 Å². The summed E-state index contributed by atoms with van der Waals surface area (Å²) in [6.45, 7) is 11.7. The van der Waals surface area contributed by atoms with E-state index in [0.717, 1.165) is 19.3 Å². The first-order valence-corrected chi connectivity index (χ1v) is 11.7. The van der Waals surface area contributed by atoms with E-state index in [1.807, 2.05) is 13.8 Å². The van der Waals surface area contributed by atoms with E-state index in [1.54, 1.807) is 32.9 Å². The third kappa shape index (κ3) is 10.1. The Morgan fingerprint density at radius 3 is 2.36 bits per heavy atom. The van der Waals surface area contributed by atoms with Gasteiger partial charge in [-0.2, -0.15) is 0 Å². The topological polar surface area (TPSA) is 108 Å². The van der Waals surface area contributed by atoms with Crippen LogP contribution in [0.4, 0.5) is 4.79 Å². The highest BCUT2D eigenvalue weighted by molar-refractivity contribution is 5.92. The van der Waals surface area contributed by atoms with Gasteiger partial charge in [0, 0.05) is 13.6 Å². The second kappa shape index (κ2) is 13.1. The van der Waals surface area contributed by atoms with Crippen molar-refractivity contribution in [2.24, 2.45) is 5.92 Å². The van der Waals surface area contributed by atoms with Crippen LogP contribution < -0.4 is 10.6 Å². The number of nitrogens with one attached hydrogen (secondary N) is 2. The molecule has 0 aliphatic rings. The van der Waals surface area contributed by atoms with Gasteiger partial charge >= 0.3 is 6.09 Å². The molecular formula is C25H41N3O5. The van der Waals surface area contributed by atoms with E-state index in [0.29, 0.717) is 18.5 Å². The first-order valence-electron chi connectivity index (χ1n) is 11.7. The van der Waals surface area contributed by atoms with E-state index in [-0.39, 0.29) is 17.6 Å². The maximum atomic E-state index is 13.5. The molecule has 2 unspecified atom stereocenters. The van der Waals surface area contributed by atoms with Gasteiger partial charge in [0.1, 0.15) is 23.4 Å². The number of amides is 3. The van der Waals surface area contributed by atoms with Crippen molar-refractivity contribution in [2.75, 3.05) is 13.6 Å². The van der Waals surface area contributed by atoms with Crippen LogP contribution >= 0.6 is 0 Å². The standard InChI is InChI=1S/C25H41N3O5/c1-8-9-10-14-26-22(30)21(18-12-11-13-19(29)16-18)28(7)23(31)20(15-17(2)3)27-24(32)33-25(4,5)6/h11-13,16-17,20-21,29H,8-10,14-15H2,1-7H3,(H,26,30)(H,27,32). The number of rotatable bonds is 11.